The molecule has 1 amide bonds. The number of benzene rings is 2. The third-order valence-electron chi connectivity index (χ3n) is 5.05. The Morgan fingerprint density at radius 3 is 2.66 bits per heavy atom. The largest absolute Gasteiger partial charge is 0.361 e. The van der Waals surface area contributed by atoms with Crippen LogP contribution >= 0.6 is 0 Å². The Morgan fingerprint density at radius 2 is 1.86 bits per heavy atom. The van der Waals surface area contributed by atoms with E-state index in [0.717, 1.165) is 27.7 Å². The maximum atomic E-state index is 14.7. The lowest BCUT2D eigenvalue weighted by molar-refractivity contribution is 0.0765. The molecule has 0 unspecified atom stereocenters. The van der Waals surface area contributed by atoms with E-state index >= 15 is 0 Å². The first-order valence-electron chi connectivity index (χ1n) is 9.78. The van der Waals surface area contributed by atoms with E-state index in [4.69, 9.17) is 0 Å². The first-order valence-corrected chi connectivity index (χ1v) is 9.78. The monoisotopic (exact) mass is 387 g/mol. The first kappa shape index (κ1) is 18.9. The van der Waals surface area contributed by atoms with Crippen molar-refractivity contribution in [3.05, 3.63) is 89.6 Å². The molecule has 0 spiro atoms. The highest BCUT2D eigenvalue weighted by Crippen LogP contribution is 2.27. The number of carbonyl (C=O) groups is 1. The molecule has 4 aromatic rings. The van der Waals surface area contributed by atoms with Crippen molar-refractivity contribution in [2.24, 2.45) is 0 Å². The van der Waals surface area contributed by atoms with Crippen molar-refractivity contribution in [1.82, 2.24) is 14.9 Å². The van der Waals surface area contributed by atoms with Gasteiger partial charge in [-0.2, -0.15) is 0 Å². The topological polar surface area (TPSA) is 49.0 Å². The maximum absolute atomic E-state index is 14.7. The number of aromatic amines is 1. The first-order chi connectivity index (χ1) is 14.2. The highest BCUT2D eigenvalue weighted by molar-refractivity contribution is 5.97. The van der Waals surface area contributed by atoms with Gasteiger partial charge in [0.15, 0.2) is 0 Å². The Hall–Kier alpha value is -3.47. The smallest absolute Gasteiger partial charge is 0.256 e. The van der Waals surface area contributed by atoms with Gasteiger partial charge in [-0.15, -0.1) is 0 Å². The molecule has 0 fully saturated rings. The molecular formula is C24H22FN3O. The van der Waals surface area contributed by atoms with Gasteiger partial charge in [0.1, 0.15) is 5.82 Å². The van der Waals surface area contributed by atoms with E-state index in [9.17, 15) is 9.18 Å². The van der Waals surface area contributed by atoms with E-state index in [2.05, 4.69) is 9.97 Å². The fourth-order valence-electron chi connectivity index (χ4n) is 3.60. The molecule has 0 radical (unpaired) electrons. The summed E-state index contributed by atoms with van der Waals surface area (Å²) in [7, 11) is 0. The summed E-state index contributed by atoms with van der Waals surface area (Å²) in [6.45, 7) is 4.65. The summed E-state index contributed by atoms with van der Waals surface area (Å²) in [5.74, 6) is -0.408. The number of aromatic nitrogens is 2. The second-order valence-electron chi connectivity index (χ2n) is 6.74. The Labute approximate surface area is 169 Å². The van der Waals surface area contributed by atoms with Crippen LogP contribution in [-0.4, -0.2) is 20.8 Å². The highest BCUT2D eigenvalue weighted by Gasteiger charge is 2.28. The number of carbonyl (C=O) groups excluding carboxylic acids is 1. The minimum absolute atomic E-state index is 0.0984. The van der Waals surface area contributed by atoms with E-state index in [1.165, 1.54) is 6.07 Å². The summed E-state index contributed by atoms with van der Waals surface area (Å²) < 4.78 is 14.7. The number of halogens is 1. The number of pyridine rings is 1. The Bertz CT molecular complexity index is 1180. The second kappa shape index (κ2) is 7.87. The van der Waals surface area contributed by atoms with Crippen molar-refractivity contribution in [2.75, 3.05) is 0 Å². The number of amides is 1. The van der Waals surface area contributed by atoms with Crippen LogP contribution in [0.4, 0.5) is 4.39 Å². The number of nitrogens with one attached hydrogen (secondary N) is 1. The number of H-pyrrole nitrogens is 1. The Kier molecular flexibility index (Phi) is 5.12. The predicted molar refractivity (Wildman–Crippen MR) is 113 cm³/mol. The number of hydrogen-bond acceptors (Lipinski definition) is 2. The van der Waals surface area contributed by atoms with Gasteiger partial charge in [-0.1, -0.05) is 38.1 Å². The van der Waals surface area contributed by atoms with Crippen LogP contribution in [-0.2, 0) is 13.1 Å². The van der Waals surface area contributed by atoms with Crippen LogP contribution in [0.25, 0.3) is 22.0 Å². The molecule has 0 aliphatic carbocycles. The molecule has 0 bridgehead atoms. The quantitative estimate of drug-likeness (QED) is 0.501. The van der Waals surface area contributed by atoms with Gasteiger partial charge in [0.05, 0.1) is 17.8 Å². The van der Waals surface area contributed by atoms with Gasteiger partial charge < -0.3 is 9.88 Å². The van der Waals surface area contributed by atoms with Crippen LogP contribution in [0.3, 0.4) is 0 Å². The molecule has 1 aliphatic heterocycles. The summed E-state index contributed by atoms with van der Waals surface area (Å²) in [6.07, 6.45) is 3.56. The minimum Gasteiger partial charge on any atom is -0.361 e. The Balaban J connectivity index is 0.000000994. The number of nitrogens with zero attached hydrogens (tertiary/aromatic N) is 2. The highest BCUT2D eigenvalue weighted by atomic mass is 19.1. The van der Waals surface area contributed by atoms with Crippen LogP contribution in [0.15, 0.2) is 67.0 Å². The normalized spacial score (nSPS) is 12.7. The van der Waals surface area contributed by atoms with E-state index < -0.39 is 0 Å². The molecule has 2 aromatic carbocycles. The van der Waals surface area contributed by atoms with Gasteiger partial charge in [-0.05, 0) is 46.8 Å². The van der Waals surface area contributed by atoms with Crippen LogP contribution in [0.5, 0.6) is 0 Å². The fourth-order valence-corrected chi connectivity index (χ4v) is 3.60. The lowest BCUT2D eigenvalue weighted by Crippen LogP contribution is -2.23. The van der Waals surface area contributed by atoms with Gasteiger partial charge in [-0.25, -0.2) is 4.39 Å². The van der Waals surface area contributed by atoms with E-state index in [1.807, 2.05) is 50.4 Å². The van der Waals surface area contributed by atoms with Crippen molar-refractivity contribution in [1.29, 1.82) is 0 Å². The van der Waals surface area contributed by atoms with Gasteiger partial charge >= 0.3 is 0 Å². The fraction of sp³-hybridized carbons (Fsp3) is 0.167. The van der Waals surface area contributed by atoms with Crippen LogP contribution in [0, 0.1) is 5.82 Å². The SMILES string of the molecule is CC.O=C1c2cccnc2CN1Cc1ccc(-c2ccc3cc[nH]c3c2)cc1F. The number of hydrogen-bond donors (Lipinski definition) is 1. The standard InChI is InChI=1S/C22H16FN3O.C2H6/c23-19-10-15(16-4-3-14-7-9-25-20(14)11-16)5-6-17(19)12-26-13-21-18(22(26)27)2-1-8-24-21;1-2/h1-11,25H,12-13H2;1-2H3. The lowest BCUT2D eigenvalue weighted by atomic mass is 10.0. The van der Waals surface area contributed by atoms with E-state index in [-0.39, 0.29) is 18.3 Å². The molecule has 4 nitrogen and oxygen atoms in total. The molecule has 0 saturated carbocycles. The van der Waals surface area contributed by atoms with Gasteiger partial charge in [0.2, 0.25) is 0 Å². The number of fused-ring (bicyclic) bond motifs is 2. The van der Waals surface area contributed by atoms with E-state index in [0.29, 0.717) is 17.7 Å². The Morgan fingerprint density at radius 1 is 1.07 bits per heavy atom. The van der Waals surface area contributed by atoms with Crippen molar-refractivity contribution in [2.45, 2.75) is 26.9 Å². The van der Waals surface area contributed by atoms with Crippen LogP contribution < -0.4 is 0 Å². The third-order valence-corrected chi connectivity index (χ3v) is 5.05. The molecule has 2 aromatic heterocycles. The average molecular weight is 387 g/mol. The van der Waals surface area contributed by atoms with Gasteiger partial charge in [0, 0.05) is 30.0 Å². The van der Waals surface area contributed by atoms with Crippen molar-refractivity contribution < 1.29 is 9.18 Å². The summed E-state index contributed by atoms with van der Waals surface area (Å²) in [5, 5.41) is 1.12. The molecule has 5 rings (SSSR count). The molecule has 3 heterocycles. The molecule has 1 N–H and O–H groups in total. The molecule has 0 atom stereocenters. The average Bonchev–Trinajstić information content (AvgIpc) is 3.35. The van der Waals surface area contributed by atoms with Crippen LogP contribution in [0.2, 0.25) is 0 Å². The zero-order chi connectivity index (χ0) is 20.4. The van der Waals surface area contributed by atoms with Gasteiger partial charge in [0.25, 0.3) is 5.91 Å². The third kappa shape index (κ3) is 3.51. The minimum atomic E-state index is -0.309. The molecule has 1 aliphatic rings. The molecule has 146 valence electrons. The number of rotatable bonds is 3. The zero-order valence-electron chi connectivity index (χ0n) is 16.4. The molecular weight excluding hydrogens is 365 g/mol. The van der Waals surface area contributed by atoms with E-state index in [1.54, 1.807) is 29.3 Å². The summed E-state index contributed by atoms with van der Waals surface area (Å²) >= 11 is 0. The second-order valence-corrected chi connectivity index (χ2v) is 6.74. The van der Waals surface area contributed by atoms with Crippen molar-refractivity contribution in [3.8, 4) is 11.1 Å². The maximum Gasteiger partial charge on any atom is 0.256 e. The summed E-state index contributed by atoms with van der Waals surface area (Å²) in [5.41, 5.74) is 4.63. The molecule has 0 saturated heterocycles. The van der Waals surface area contributed by atoms with Crippen molar-refractivity contribution >= 4 is 16.8 Å². The summed E-state index contributed by atoms with van der Waals surface area (Å²) in [4.78, 5) is 21.5. The van der Waals surface area contributed by atoms with Crippen LogP contribution in [0.1, 0.15) is 35.5 Å². The van der Waals surface area contributed by atoms with Gasteiger partial charge in [-0.3, -0.25) is 9.78 Å². The molecule has 5 heteroatoms. The predicted octanol–water partition coefficient (Wildman–Crippen LogP) is 5.55. The van der Waals surface area contributed by atoms with Crippen molar-refractivity contribution in [3.63, 3.8) is 0 Å². The zero-order valence-corrected chi connectivity index (χ0v) is 16.4. The lowest BCUT2D eigenvalue weighted by Gasteiger charge is -2.16. The summed E-state index contributed by atoms with van der Waals surface area (Å²) in [6, 6.07) is 16.7. The molecule has 29 heavy (non-hydrogen) atoms.